The summed E-state index contributed by atoms with van der Waals surface area (Å²) in [7, 11) is 0. The zero-order chi connectivity index (χ0) is 26.3. The Balaban J connectivity index is 1.61. The first-order valence-electron chi connectivity index (χ1n) is 11.5. The van der Waals surface area contributed by atoms with Crippen molar-refractivity contribution in [1.29, 1.82) is 0 Å². The molecule has 194 valence electrons. The summed E-state index contributed by atoms with van der Waals surface area (Å²) in [4.78, 5) is 16.2. The van der Waals surface area contributed by atoms with Crippen LogP contribution in [-0.4, -0.2) is 51.5 Å². The highest BCUT2D eigenvalue weighted by Gasteiger charge is 2.46. The minimum absolute atomic E-state index is 0.0226. The highest BCUT2D eigenvalue weighted by atomic mass is 35.5. The Labute approximate surface area is 211 Å². The van der Waals surface area contributed by atoms with Crippen LogP contribution in [0.2, 0.25) is 5.02 Å². The van der Waals surface area contributed by atoms with Crippen LogP contribution in [0.5, 0.6) is 0 Å². The van der Waals surface area contributed by atoms with Gasteiger partial charge in [-0.15, -0.1) is 0 Å². The molecule has 0 saturated carbocycles. The van der Waals surface area contributed by atoms with Gasteiger partial charge in [0.2, 0.25) is 0 Å². The number of alkyl halides is 3. The first kappa shape index (κ1) is 26.5. The molecule has 2 fully saturated rings. The molecule has 3 heterocycles. The van der Waals surface area contributed by atoms with Gasteiger partial charge in [-0.1, -0.05) is 23.7 Å². The number of carbonyl (C=O) groups is 1. The average Bonchev–Trinajstić information content (AvgIpc) is 2.79. The number of aliphatic hydroxyl groups excluding tert-OH is 1. The predicted molar refractivity (Wildman–Crippen MR) is 128 cm³/mol. The predicted octanol–water partition coefficient (Wildman–Crippen LogP) is 3.43. The molecule has 8 nitrogen and oxygen atoms in total. The molecule has 0 bridgehead atoms. The molecule has 36 heavy (non-hydrogen) atoms. The standard InChI is InChI=1S/C24H27ClF3N5O3/c1-13-10-14(7-9-36-13)33-19(34)11-23(2,32-22(33)29)16-4-3-5-18(20(16)25)31-21(35)15-6-8-30-12-17(15)24(26,27)28/h3-6,8,12-13,19,22,32,34H,7,9-11,29H2,1-2H3/p+1/b33-14-/t13?,19?,22?,23-/m0/s1. The van der Waals surface area contributed by atoms with Crippen molar-refractivity contribution in [3.63, 3.8) is 0 Å². The van der Waals surface area contributed by atoms with Crippen LogP contribution >= 0.6 is 11.6 Å². The zero-order valence-electron chi connectivity index (χ0n) is 19.8. The number of hydrogen-bond acceptors (Lipinski definition) is 6. The van der Waals surface area contributed by atoms with Crippen LogP contribution in [0.15, 0.2) is 36.7 Å². The Morgan fingerprint density at radius 3 is 2.81 bits per heavy atom. The first-order chi connectivity index (χ1) is 16.9. The fourth-order valence-corrected chi connectivity index (χ4v) is 5.25. The molecule has 2 saturated heterocycles. The maximum atomic E-state index is 13.3. The van der Waals surface area contributed by atoms with Gasteiger partial charge >= 0.3 is 6.18 Å². The monoisotopic (exact) mass is 526 g/mol. The molecule has 0 spiro atoms. The van der Waals surface area contributed by atoms with Gasteiger partial charge in [0.15, 0.2) is 5.71 Å². The molecule has 0 radical (unpaired) electrons. The Morgan fingerprint density at radius 1 is 1.39 bits per heavy atom. The quantitative estimate of drug-likeness (QED) is 0.456. The van der Waals surface area contributed by atoms with Crippen LogP contribution in [0.1, 0.15) is 54.6 Å². The molecule has 5 N–H and O–H groups in total. The van der Waals surface area contributed by atoms with Gasteiger partial charge in [0.1, 0.15) is 0 Å². The number of ether oxygens (including phenoxy) is 1. The summed E-state index contributed by atoms with van der Waals surface area (Å²) in [5, 5.41) is 17.0. The third-order valence-electron chi connectivity index (χ3n) is 6.57. The van der Waals surface area contributed by atoms with Crippen LogP contribution in [0, 0.1) is 0 Å². The molecular formula is C24H28ClF3N5O3+. The first-order valence-corrected chi connectivity index (χ1v) is 11.9. The van der Waals surface area contributed by atoms with Crippen LogP contribution < -0.4 is 16.4 Å². The number of nitrogens with zero attached hydrogens (tertiary/aromatic N) is 2. The zero-order valence-corrected chi connectivity index (χ0v) is 20.5. The lowest BCUT2D eigenvalue weighted by molar-refractivity contribution is -0.662. The van der Waals surface area contributed by atoms with E-state index in [2.05, 4.69) is 15.6 Å². The van der Waals surface area contributed by atoms with Crippen molar-refractivity contribution in [3.8, 4) is 0 Å². The summed E-state index contributed by atoms with van der Waals surface area (Å²) in [5.41, 5.74) is 5.48. The van der Waals surface area contributed by atoms with E-state index in [4.69, 9.17) is 22.1 Å². The molecule has 0 aliphatic carbocycles. The van der Waals surface area contributed by atoms with E-state index < -0.39 is 41.3 Å². The Morgan fingerprint density at radius 2 is 2.14 bits per heavy atom. The number of nitrogens with two attached hydrogens (primary N) is 1. The van der Waals surface area contributed by atoms with Gasteiger partial charge in [-0.2, -0.15) is 17.7 Å². The van der Waals surface area contributed by atoms with E-state index in [1.807, 2.05) is 13.8 Å². The largest absolute Gasteiger partial charge is 0.418 e. The number of pyridine rings is 1. The lowest BCUT2D eigenvalue weighted by Gasteiger charge is -2.40. The average molecular weight is 527 g/mol. The molecule has 4 rings (SSSR count). The van der Waals surface area contributed by atoms with E-state index >= 15 is 0 Å². The third kappa shape index (κ3) is 5.25. The maximum Gasteiger partial charge on any atom is 0.418 e. The van der Waals surface area contributed by atoms with E-state index in [0.717, 1.165) is 18.0 Å². The third-order valence-corrected chi connectivity index (χ3v) is 6.98. The van der Waals surface area contributed by atoms with Crippen molar-refractivity contribution in [2.45, 2.75) is 63.4 Å². The number of aliphatic hydroxyl groups is 1. The van der Waals surface area contributed by atoms with Crippen molar-refractivity contribution in [1.82, 2.24) is 10.3 Å². The summed E-state index contributed by atoms with van der Waals surface area (Å²) in [6.45, 7) is 4.33. The van der Waals surface area contributed by atoms with Crippen molar-refractivity contribution >= 4 is 28.9 Å². The fraction of sp³-hybridized carbons (Fsp3) is 0.458. The lowest BCUT2D eigenvalue weighted by atomic mass is 9.85. The molecule has 2 aromatic rings. The number of nitrogens with one attached hydrogen (secondary N) is 2. The molecule has 1 aromatic carbocycles. The van der Waals surface area contributed by atoms with Crippen LogP contribution in [0.4, 0.5) is 18.9 Å². The SMILES string of the molecule is CC1C/C(=[N+]2/C(O)C[C@@](C)(c3cccc(NC(=O)c4ccncc4C(F)(F)F)c3Cl)NC2N)CCO1. The summed E-state index contributed by atoms with van der Waals surface area (Å²) in [6, 6.07) is 5.84. The highest BCUT2D eigenvalue weighted by molar-refractivity contribution is 6.34. The number of rotatable bonds is 3. The molecule has 4 atom stereocenters. The smallest absolute Gasteiger partial charge is 0.377 e. The minimum atomic E-state index is -4.75. The van der Waals surface area contributed by atoms with Crippen molar-refractivity contribution < 1.29 is 32.4 Å². The van der Waals surface area contributed by atoms with Gasteiger partial charge in [0.25, 0.3) is 18.4 Å². The summed E-state index contributed by atoms with van der Waals surface area (Å²) in [5.74, 6) is -0.974. The van der Waals surface area contributed by atoms with E-state index in [1.54, 1.807) is 16.7 Å². The molecular weight excluding hydrogens is 499 g/mol. The molecule has 12 heteroatoms. The Kier molecular flexibility index (Phi) is 7.40. The topological polar surface area (TPSA) is 113 Å². The van der Waals surface area contributed by atoms with Gasteiger partial charge in [0.05, 0.1) is 59.3 Å². The van der Waals surface area contributed by atoms with Crippen molar-refractivity contribution in [2.75, 3.05) is 11.9 Å². The van der Waals surface area contributed by atoms with Crippen LogP contribution in [0.25, 0.3) is 0 Å². The van der Waals surface area contributed by atoms with Gasteiger partial charge in [0, 0.05) is 12.4 Å². The second-order valence-corrected chi connectivity index (χ2v) is 9.63. The molecule has 2 aliphatic rings. The summed E-state index contributed by atoms with van der Waals surface area (Å²) < 4.78 is 47.4. The van der Waals surface area contributed by atoms with Crippen LogP contribution in [-0.2, 0) is 16.5 Å². The van der Waals surface area contributed by atoms with Gasteiger partial charge in [-0.05, 0) is 31.5 Å². The van der Waals surface area contributed by atoms with Gasteiger partial charge in [-0.3, -0.25) is 15.5 Å². The van der Waals surface area contributed by atoms with E-state index in [0.29, 0.717) is 31.2 Å². The van der Waals surface area contributed by atoms with Crippen molar-refractivity contribution in [3.05, 3.63) is 58.4 Å². The normalized spacial score (nSPS) is 29.2. The molecule has 3 unspecified atom stereocenters. The highest BCUT2D eigenvalue weighted by Crippen LogP contribution is 2.39. The molecule has 2 aliphatic heterocycles. The summed E-state index contributed by atoms with van der Waals surface area (Å²) in [6.07, 6.45) is -3.11. The number of amides is 1. The number of hydrogen-bond donors (Lipinski definition) is 4. The second-order valence-electron chi connectivity index (χ2n) is 9.26. The minimum Gasteiger partial charge on any atom is -0.377 e. The molecule has 1 amide bonds. The van der Waals surface area contributed by atoms with E-state index in [1.165, 1.54) is 6.07 Å². The fourth-order valence-electron chi connectivity index (χ4n) is 4.87. The number of aromatic nitrogens is 1. The number of benzene rings is 1. The summed E-state index contributed by atoms with van der Waals surface area (Å²) >= 11 is 6.65. The maximum absolute atomic E-state index is 13.3. The van der Waals surface area contributed by atoms with E-state index in [9.17, 15) is 23.1 Å². The Hall–Kier alpha value is -2.57. The van der Waals surface area contributed by atoms with Gasteiger partial charge in [-0.25, -0.2) is 5.32 Å². The number of halogens is 4. The Bertz CT molecular complexity index is 1180. The molecule has 1 aromatic heterocycles. The lowest BCUT2D eigenvalue weighted by Crippen LogP contribution is -2.65. The van der Waals surface area contributed by atoms with Gasteiger partial charge < -0.3 is 15.2 Å². The number of carbonyl (C=O) groups excluding carboxylic acids is 1. The van der Waals surface area contributed by atoms with E-state index in [-0.39, 0.29) is 23.2 Å². The second kappa shape index (κ2) is 10.1. The number of anilines is 1. The van der Waals surface area contributed by atoms with Crippen LogP contribution in [0.3, 0.4) is 0 Å². The van der Waals surface area contributed by atoms with Crippen molar-refractivity contribution in [2.24, 2.45) is 5.73 Å².